The minimum absolute atomic E-state index is 0.0666. The van der Waals surface area contributed by atoms with Crippen LogP contribution in [0.5, 0.6) is 0 Å². The standard InChI is InChI=1S/C15H28N2O/c1-4-6-10-17(11-7-5-2)15(18)16-12-13(3)14-8-9-14/h12,14H,4-11H2,1-3H3,(H,16,18)/b13-12+. The minimum atomic E-state index is 0.0666. The van der Waals surface area contributed by atoms with E-state index in [2.05, 4.69) is 26.1 Å². The molecule has 1 fully saturated rings. The van der Waals surface area contributed by atoms with Gasteiger partial charge in [-0.2, -0.15) is 0 Å². The van der Waals surface area contributed by atoms with Crippen molar-refractivity contribution in [2.45, 2.75) is 59.3 Å². The Balaban J connectivity index is 2.38. The largest absolute Gasteiger partial charge is 0.325 e. The van der Waals surface area contributed by atoms with Gasteiger partial charge in [-0.25, -0.2) is 4.79 Å². The number of amides is 2. The van der Waals surface area contributed by atoms with Gasteiger partial charge in [-0.3, -0.25) is 0 Å². The van der Waals surface area contributed by atoms with Gasteiger partial charge in [0.15, 0.2) is 0 Å². The Morgan fingerprint density at radius 3 is 2.22 bits per heavy atom. The molecule has 1 saturated carbocycles. The smallest absolute Gasteiger partial charge is 0.321 e. The number of carbonyl (C=O) groups excluding carboxylic acids is 1. The van der Waals surface area contributed by atoms with E-state index in [0.29, 0.717) is 0 Å². The summed E-state index contributed by atoms with van der Waals surface area (Å²) in [5, 5.41) is 2.95. The van der Waals surface area contributed by atoms with Crippen LogP contribution < -0.4 is 5.32 Å². The summed E-state index contributed by atoms with van der Waals surface area (Å²) in [5.74, 6) is 0.727. The number of hydrogen-bond acceptors (Lipinski definition) is 1. The molecule has 1 rings (SSSR count). The van der Waals surface area contributed by atoms with E-state index in [1.165, 1.54) is 18.4 Å². The molecular formula is C15H28N2O. The second-order valence-electron chi connectivity index (χ2n) is 5.31. The highest BCUT2D eigenvalue weighted by atomic mass is 16.2. The fraction of sp³-hybridized carbons (Fsp3) is 0.800. The van der Waals surface area contributed by atoms with E-state index < -0.39 is 0 Å². The van der Waals surface area contributed by atoms with Gasteiger partial charge >= 0.3 is 6.03 Å². The molecule has 1 N–H and O–H groups in total. The van der Waals surface area contributed by atoms with Crippen molar-refractivity contribution < 1.29 is 4.79 Å². The lowest BCUT2D eigenvalue weighted by molar-refractivity contribution is 0.199. The molecule has 0 radical (unpaired) electrons. The summed E-state index contributed by atoms with van der Waals surface area (Å²) in [6.07, 6.45) is 8.91. The van der Waals surface area contributed by atoms with E-state index in [0.717, 1.165) is 44.7 Å². The second-order valence-corrected chi connectivity index (χ2v) is 5.31. The van der Waals surface area contributed by atoms with E-state index >= 15 is 0 Å². The highest BCUT2D eigenvalue weighted by Crippen LogP contribution is 2.35. The summed E-state index contributed by atoms with van der Waals surface area (Å²) in [5.41, 5.74) is 1.31. The maximum absolute atomic E-state index is 12.1. The molecule has 1 aliphatic carbocycles. The lowest BCUT2D eigenvalue weighted by atomic mass is 10.2. The number of nitrogens with one attached hydrogen (secondary N) is 1. The first-order chi connectivity index (χ1) is 8.69. The molecule has 0 spiro atoms. The summed E-state index contributed by atoms with van der Waals surface area (Å²) < 4.78 is 0. The van der Waals surface area contributed by atoms with Gasteiger partial charge in [0.2, 0.25) is 0 Å². The van der Waals surface area contributed by atoms with Gasteiger partial charge in [0.25, 0.3) is 0 Å². The van der Waals surface area contributed by atoms with Gasteiger partial charge in [-0.05, 0) is 38.5 Å². The van der Waals surface area contributed by atoms with Crippen LogP contribution in [-0.4, -0.2) is 24.0 Å². The van der Waals surface area contributed by atoms with Crippen LogP contribution in [0.3, 0.4) is 0 Å². The molecule has 3 nitrogen and oxygen atoms in total. The molecule has 0 aromatic rings. The third kappa shape index (κ3) is 5.56. The molecule has 1 aliphatic rings. The summed E-state index contributed by atoms with van der Waals surface area (Å²) in [6.45, 7) is 8.18. The van der Waals surface area contributed by atoms with Crippen molar-refractivity contribution in [1.29, 1.82) is 0 Å². The van der Waals surface area contributed by atoms with Crippen LogP contribution in [0.25, 0.3) is 0 Å². The molecule has 0 atom stereocenters. The predicted octanol–water partition coefficient (Wildman–Crippen LogP) is 3.91. The average Bonchev–Trinajstić information content (AvgIpc) is 3.20. The molecule has 0 heterocycles. The van der Waals surface area contributed by atoms with E-state index in [-0.39, 0.29) is 6.03 Å². The van der Waals surface area contributed by atoms with E-state index in [1.807, 2.05) is 11.1 Å². The number of allylic oxidation sites excluding steroid dienone is 1. The van der Waals surface area contributed by atoms with Gasteiger partial charge < -0.3 is 10.2 Å². The summed E-state index contributed by atoms with van der Waals surface area (Å²) in [6, 6.07) is 0.0666. The van der Waals surface area contributed by atoms with Crippen LogP contribution >= 0.6 is 0 Å². The Kier molecular flexibility index (Phi) is 6.84. The molecule has 0 aromatic carbocycles. The van der Waals surface area contributed by atoms with Crippen molar-refractivity contribution >= 4 is 6.03 Å². The molecular weight excluding hydrogens is 224 g/mol. The number of urea groups is 1. The van der Waals surface area contributed by atoms with Crippen LogP contribution in [0, 0.1) is 5.92 Å². The lowest BCUT2D eigenvalue weighted by Gasteiger charge is -2.22. The van der Waals surface area contributed by atoms with Gasteiger partial charge in [0.05, 0.1) is 0 Å². The Bertz CT molecular complexity index is 274. The molecule has 3 heteroatoms. The number of nitrogens with zero attached hydrogens (tertiary/aromatic N) is 1. The van der Waals surface area contributed by atoms with Crippen molar-refractivity contribution in [2.75, 3.05) is 13.1 Å². The van der Waals surface area contributed by atoms with Crippen LogP contribution in [0.15, 0.2) is 11.8 Å². The highest BCUT2D eigenvalue weighted by molar-refractivity contribution is 5.75. The van der Waals surface area contributed by atoms with Crippen molar-refractivity contribution in [3.8, 4) is 0 Å². The SMILES string of the molecule is CCCCN(CCCC)C(=O)N/C=C(\C)C1CC1. The maximum Gasteiger partial charge on any atom is 0.321 e. The first kappa shape index (κ1) is 15.1. The zero-order valence-corrected chi connectivity index (χ0v) is 12.2. The molecule has 2 amide bonds. The highest BCUT2D eigenvalue weighted by Gasteiger charge is 2.23. The molecule has 0 saturated heterocycles. The van der Waals surface area contributed by atoms with Crippen molar-refractivity contribution in [2.24, 2.45) is 5.92 Å². The zero-order valence-electron chi connectivity index (χ0n) is 12.2. The van der Waals surface area contributed by atoms with Gasteiger partial charge in [0, 0.05) is 19.3 Å². The fourth-order valence-electron chi connectivity index (χ4n) is 1.94. The Hall–Kier alpha value is -0.990. The quantitative estimate of drug-likeness (QED) is 0.698. The predicted molar refractivity (Wildman–Crippen MR) is 76.4 cm³/mol. The third-order valence-electron chi connectivity index (χ3n) is 3.49. The first-order valence-electron chi connectivity index (χ1n) is 7.41. The maximum atomic E-state index is 12.1. The van der Waals surface area contributed by atoms with E-state index in [1.54, 1.807) is 0 Å². The molecule has 18 heavy (non-hydrogen) atoms. The number of carbonyl (C=O) groups is 1. The normalized spacial score (nSPS) is 15.6. The van der Waals surface area contributed by atoms with Crippen molar-refractivity contribution in [3.63, 3.8) is 0 Å². The van der Waals surface area contributed by atoms with Gasteiger partial charge in [-0.15, -0.1) is 0 Å². The van der Waals surface area contributed by atoms with Crippen molar-refractivity contribution in [3.05, 3.63) is 11.8 Å². The molecule has 0 aliphatic heterocycles. The second kappa shape index (κ2) is 8.17. The molecule has 0 aromatic heterocycles. The molecule has 0 bridgehead atoms. The van der Waals surface area contributed by atoms with E-state index in [4.69, 9.17) is 0 Å². The number of unbranched alkanes of at least 4 members (excludes halogenated alkanes) is 2. The topological polar surface area (TPSA) is 32.3 Å². The minimum Gasteiger partial charge on any atom is -0.325 e. The van der Waals surface area contributed by atoms with Crippen LogP contribution in [0.4, 0.5) is 4.79 Å². The van der Waals surface area contributed by atoms with Crippen LogP contribution in [0.2, 0.25) is 0 Å². The Morgan fingerprint density at radius 1 is 1.22 bits per heavy atom. The summed E-state index contributed by atoms with van der Waals surface area (Å²) >= 11 is 0. The van der Waals surface area contributed by atoms with Gasteiger partial charge in [-0.1, -0.05) is 32.3 Å². The number of rotatable bonds is 8. The van der Waals surface area contributed by atoms with Crippen LogP contribution in [-0.2, 0) is 0 Å². The number of hydrogen-bond donors (Lipinski definition) is 1. The van der Waals surface area contributed by atoms with Crippen LogP contribution in [0.1, 0.15) is 59.3 Å². The first-order valence-corrected chi connectivity index (χ1v) is 7.41. The van der Waals surface area contributed by atoms with Crippen molar-refractivity contribution in [1.82, 2.24) is 10.2 Å². The van der Waals surface area contributed by atoms with Gasteiger partial charge in [0.1, 0.15) is 0 Å². The lowest BCUT2D eigenvalue weighted by Crippen LogP contribution is -2.39. The Morgan fingerprint density at radius 2 is 1.78 bits per heavy atom. The monoisotopic (exact) mass is 252 g/mol. The molecule has 0 unspecified atom stereocenters. The Labute approximate surface area is 112 Å². The zero-order chi connectivity index (χ0) is 13.4. The summed E-state index contributed by atoms with van der Waals surface area (Å²) in [7, 11) is 0. The summed E-state index contributed by atoms with van der Waals surface area (Å²) in [4.78, 5) is 14.0. The van der Waals surface area contributed by atoms with E-state index in [9.17, 15) is 4.79 Å². The molecule has 104 valence electrons. The average molecular weight is 252 g/mol. The third-order valence-corrected chi connectivity index (χ3v) is 3.49. The fourth-order valence-corrected chi connectivity index (χ4v) is 1.94.